The second-order valence-corrected chi connectivity index (χ2v) is 4.81. The van der Waals surface area contributed by atoms with Crippen molar-refractivity contribution < 1.29 is 9.50 Å². The molecular formula is C14H8ClFN4O. The van der Waals surface area contributed by atoms with Crippen LogP contribution in [0.3, 0.4) is 0 Å². The Labute approximate surface area is 123 Å². The van der Waals surface area contributed by atoms with Gasteiger partial charge in [0, 0.05) is 5.56 Å². The first kappa shape index (κ1) is 13.3. The molecule has 1 aromatic carbocycles. The van der Waals surface area contributed by atoms with E-state index < -0.39 is 11.7 Å². The van der Waals surface area contributed by atoms with Crippen LogP contribution in [0.1, 0.15) is 11.3 Å². The van der Waals surface area contributed by atoms with Crippen LogP contribution < -0.4 is 0 Å². The van der Waals surface area contributed by atoms with Crippen LogP contribution in [0.5, 0.6) is 5.88 Å². The minimum atomic E-state index is -0.574. The molecule has 104 valence electrons. The fraction of sp³-hybridized carbons (Fsp3) is 0.0714. The molecule has 0 fully saturated rings. The lowest BCUT2D eigenvalue weighted by Gasteiger charge is -2.12. The molecule has 2 heterocycles. The van der Waals surface area contributed by atoms with E-state index >= 15 is 0 Å². The van der Waals surface area contributed by atoms with Gasteiger partial charge in [-0.2, -0.15) is 15.3 Å². The monoisotopic (exact) mass is 302 g/mol. The first-order chi connectivity index (χ1) is 10.0. The standard InChI is InChI=1S/C14H8ClFN4O/c1-7-11(12-9(15)3-2-4-10(12)16)14(21)19-13-8(5-17)6-18-20(7)13/h2-4,6H,1H3,(H,19,21). The molecule has 3 aromatic rings. The third kappa shape index (κ3) is 1.90. The zero-order valence-corrected chi connectivity index (χ0v) is 11.6. The lowest BCUT2D eigenvalue weighted by Crippen LogP contribution is -2.01. The van der Waals surface area contributed by atoms with Crippen molar-refractivity contribution in [1.29, 1.82) is 5.26 Å². The van der Waals surface area contributed by atoms with Crippen LogP contribution >= 0.6 is 11.6 Å². The van der Waals surface area contributed by atoms with Crippen LogP contribution in [-0.4, -0.2) is 19.7 Å². The average Bonchev–Trinajstić information content (AvgIpc) is 2.85. The summed E-state index contributed by atoms with van der Waals surface area (Å²) in [4.78, 5) is 3.93. The molecule has 0 radical (unpaired) electrons. The number of nitrogens with zero attached hydrogens (tertiary/aromatic N) is 4. The van der Waals surface area contributed by atoms with Gasteiger partial charge in [0.25, 0.3) is 0 Å². The largest absolute Gasteiger partial charge is 0.493 e. The molecule has 7 heteroatoms. The van der Waals surface area contributed by atoms with E-state index in [0.29, 0.717) is 5.69 Å². The van der Waals surface area contributed by atoms with Crippen LogP contribution in [0.2, 0.25) is 5.02 Å². The number of fused-ring (bicyclic) bond motifs is 1. The van der Waals surface area contributed by atoms with E-state index in [0.717, 1.165) is 0 Å². The van der Waals surface area contributed by atoms with E-state index in [-0.39, 0.29) is 27.4 Å². The van der Waals surface area contributed by atoms with Crippen molar-refractivity contribution in [2.45, 2.75) is 6.92 Å². The van der Waals surface area contributed by atoms with Crippen molar-refractivity contribution in [3.8, 4) is 23.1 Å². The van der Waals surface area contributed by atoms with Crippen molar-refractivity contribution in [2.24, 2.45) is 0 Å². The van der Waals surface area contributed by atoms with E-state index in [1.165, 1.54) is 28.9 Å². The Hall–Kier alpha value is -2.65. The van der Waals surface area contributed by atoms with Crippen molar-refractivity contribution in [3.63, 3.8) is 0 Å². The summed E-state index contributed by atoms with van der Waals surface area (Å²) < 4.78 is 15.4. The summed E-state index contributed by atoms with van der Waals surface area (Å²) in [6.07, 6.45) is 1.33. The van der Waals surface area contributed by atoms with Gasteiger partial charge in [-0.1, -0.05) is 17.7 Å². The smallest absolute Gasteiger partial charge is 0.222 e. The maximum Gasteiger partial charge on any atom is 0.222 e. The molecule has 0 spiro atoms. The topological polar surface area (TPSA) is 74.2 Å². The maximum atomic E-state index is 14.1. The molecule has 0 unspecified atom stereocenters. The quantitative estimate of drug-likeness (QED) is 0.749. The number of aromatic nitrogens is 3. The van der Waals surface area contributed by atoms with E-state index in [1.54, 1.807) is 6.92 Å². The van der Waals surface area contributed by atoms with Crippen LogP contribution in [0.25, 0.3) is 16.8 Å². The van der Waals surface area contributed by atoms with Crippen molar-refractivity contribution in [3.05, 3.63) is 46.5 Å². The molecule has 3 rings (SSSR count). The second-order valence-electron chi connectivity index (χ2n) is 4.40. The molecule has 0 atom stereocenters. The first-order valence-corrected chi connectivity index (χ1v) is 6.34. The first-order valence-electron chi connectivity index (χ1n) is 5.96. The zero-order valence-electron chi connectivity index (χ0n) is 10.8. The molecule has 0 saturated heterocycles. The van der Waals surface area contributed by atoms with Crippen molar-refractivity contribution in [2.75, 3.05) is 0 Å². The Bertz CT molecular complexity index is 893. The number of aryl methyl sites for hydroxylation is 1. The molecule has 2 aromatic heterocycles. The average molecular weight is 303 g/mol. The summed E-state index contributed by atoms with van der Waals surface area (Å²) in [5.74, 6) is -0.973. The SMILES string of the molecule is Cc1c(-c2c(F)cccc2Cl)c(O)nc2c(C#N)cnn12. The van der Waals surface area contributed by atoms with E-state index in [2.05, 4.69) is 10.1 Å². The fourth-order valence-electron chi connectivity index (χ4n) is 2.23. The van der Waals surface area contributed by atoms with Crippen molar-refractivity contribution in [1.82, 2.24) is 14.6 Å². The van der Waals surface area contributed by atoms with E-state index in [4.69, 9.17) is 16.9 Å². The number of halogens is 2. The normalized spacial score (nSPS) is 10.8. The van der Waals surface area contributed by atoms with Crippen LogP contribution in [-0.2, 0) is 0 Å². The van der Waals surface area contributed by atoms with Crippen LogP contribution in [0.15, 0.2) is 24.4 Å². The molecule has 21 heavy (non-hydrogen) atoms. The minimum absolute atomic E-state index is 0.0533. The molecule has 0 aliphatic rings. The van der Waals surface area contributed by atoms with E-state index in [9.17, 15) is 9.50 Å². The highest BCUT2D eigenvalue weighted by molar-refractivity contribution is 6.33. The minimum Gasteiger partial charge on any atom is -0.493 e. The molecule has 1 N–H and O–H groups in total. The van der Waals surface area contributed by atoms with Gasteiger partial charge in [0.2, 0.25) is 5.88 Å². The van der Waals surface area contributed by atoms with E-state index in [1.807, 2.05) is 6.07 Å². The molecule has 0 aliphatic carbocycles. The van der Waals surface area contributed by atoms with Gasteiger partial charge in [-0.25, -0.2) is 8.91 Å². The van der Waals surface area contributed by atoms with Gasteiger partial charge in [0.1, 0.15) is 17.4 Å². The molecule has 5 nitrogen and oxygen atoms in total. The zero-order chi connectivity index (χ0) is 15.1. The summed E-state index contributed by atoms with van der Waals surface area (Å²) in [5.41, 5.74) is 1.07. The number of nitriles is 1. The predicted octanol–water partition coefficient (Wildman–Crippen LogP) is 3.07. The number of aromatic hydroxyl groups is 1. The summed E-state index contributed by atoms with van der Waals surface area (Å²) >= 11 is 6.03. The number of hydrogen-bond acceptors (Lipinski definition) is 4. The van der Waals surface area contributed by atoms with Crippen LogP contribution in [0.4, 0.5) is 4.39 Å². The van der Waals surface area contributed by atoms with Gasteiger partial charge in [0.15, 0.2) is 5.65 Å². The highest BCUT2D eigenvalue weighted by atomic mass is 35.5. The Morgan fingerprint density at radius 3 is 2.81 bits per heavy atom. The van der Waals surface area contributed by atoms with Gasteiger partial charge in [-0.05, 0) is 19.1 Å². The van der Waals surface area contributed by atoms with Crippen LogP contribution in [0, 0.1) is 24.1 Å². The number of rotatable bonds is 1. The summed E-state index contributed by atoms with van der Waals surface area (Å²) in [6.45, 7) is 1.64. The third-order valence-electron chi connectivity index (χ3n) is 3.19. The molecule has 0 amide bonds. The Kier molecular flexibility index (Phi) is 3.00. The third-order valence-corrected chi connectivity index (χ3v) is 3.51. The molecular weight excluding hydrogens is 295 g/mol. The summed E-state index contributed by atoms with van der Waals surface area (Å²) in [5, 5.41) is 23.3. The van der Waals surface area contributed by atoms with Gasteiger partial charge < -0.3 is 5.11 Å². The van der Waals surface area contributed by atoms with Gasteiger partial charge in [0.05, 0.1) is 22.5 Å². The highest BCUT2D eigenvalue weighted by Crippen LogP contribution is 2.37. The Morgan fingerprint density at radius 2 is 2.14 bits per heavy atom. The highest BCUT2D eigenvalue weighted by Gasteiger charge is 2.21. The maximum absolute atomic E-state index is 14.1. The van der Waals surface area contributed by atoms with Crippen molar-refractivity contribution >= 4 is 17.2 Å². The second kappa shape index (κ2) is 4.72. The molecule has 0 bridgehead atoms. The summed E-state index contributed by atoms with van der Waals surface area (Å²) in [6, 6.07) is 6.17. The van der Waals surface area contributed by atoms with Gasteiger partial charge >= 0.3 is 0 Å². The Balaban J connectivity index is 2.42. The van der Waals surface area contributed by atoms with Gasteiger partial charge in [-0.3, -0.25) is 0 Å². The number of hydrogen-bond donors (Lipinski definition) is 1. The van der Waals surface area contributed by atoms with Gasteiger partial charge in [-0.15, -0.1) is 0 Å². The lowest BCUT2D eigenvalue weighted by molar-refractivity contribution is 0.454. The number of benzene rings is 1. The molecule has 0 saturated carbocycles. The lowest BCUT2D eigenvalue weighted by atomic mass is 10.0. The molecule has 0 aliphatic heterocycles. The Morgan fingerprint density at radius 1 is 1.38 bits per heavy atom. The summed E-state index contributed by atoms with van der Waals surface area (Å²) in [7, 11) is 0. The fourth-order valence-corrected chi connectivity index (χ4v) is 2.48. The predicted molar refractivity (Wildman–Crippen MR) is 74.5 cm³/mol.